The van der Waals surface area contributed by atoms with E-state index in [1.54, 1.807) is 25.1 Å². The minimum Gasteiger partial charge on any atom is -0.504 e. The fourth-order valence-corrected chi connectivity index (χ4v) is 1.65. The molecule has 0 unspecified atom stereocenters. The molecule has 0 heterocycles. The number of phenols is 1. The molecule has 2 aromatic carbocycles. The van der Waals surface area contributed by atoms with Crippen molar-refractivity contribution in [3.8, 4) is 23.0 Å². The smallest absolute Gasteiger partial charge is 0.311 e. The lowest BCUT2D eigenvalue weighted by Gasteiger charge is -2.09. The van der Waals surface area contributed by atoms with E-state index in [-0.39, 0.29) is 22.9 Å². The summed E-state index contributed by atoms with van der Waals surface area (Å²) in [5.74, 6) is 0.735. The van der Waals surface area contributed by atoms with Gasteiger partial charge in [0, 0.05) is 12.1 Å². The first-order valence-corrected chi connectivity index (χ1v) is 5.99. The Morgan fingerprint density at radius 3 is 2.60 bits per heavy atom. The van der Waals surface area contributed by atoms with Crippen LogP contribution in [-0.4, -0.2) is 16.6 Å². The lowest BCUT2D eigenvalue weighted by molar-refractivity contribution is -0.385. The number of nitro benzene ring substituents is 1. The van der Waals surface area contributed by atoms with Gasteiger partial charge in [0.05, 0.1) is 11.5 Å². The van der Waals surface area contributed by atoms with Crippen molar-refractivity contribution in [2.75, 3.05) is 6.61 Å². The number of hydrogen-bond acceptors (Lipinski definition) is 5. The summed E-state index contributed by atoms with van der Waals surface area (Å²) in [6.07, 6.45) is 0. The van der Waals surface area contributed by atoms with Crippen LogP contribution in [0.5, 0.6) is 23.0 Å². The van der Waals surface area contributed by atoms with Gasteiger partial charge in [-0.05, 0) is 25.1 Å². The van der Waals surface area contributed by atoms with Gasteiger partial charge in [-0.2, -0.15) is 0 Å². The lowest BCUT2D eigenvalue weighted by atomic mass is 10.2. The van der Waals surface area contributed by atoms with Crippen LogP contribution in [0.15, 0.2) is 42.5 Å². The standard InChI is InChI=1S/C14H13NO5/c1-2-19-14-9-10(7-8-11(14)15(17)18)20-13-6-4-3-5-12(13)16/h3-9,16H,2H2,1H3. The zero-order valence-corrected chi connectivity index (χ0v) is 10.8. The van der Waals surface area contributed by atoms with Gasteiger partial charge in [0.25, 0.3) is 0 Å². The Labute approximate surface area is 115 Å². The zero-order valence-electron chi connectivity index (χ0n) is 10.8. The van der Waals surface area contributed by atoms with Crippen molar-refractivity contribution in [3.05, 3.63) is 52.6 Å². The van der Waals surface area contributed by atoms with E-state index >= 15 is 0 Å². The molecule has 0 spiro atoms. The molecule has 0 fully saturated rings. The van der Waals surface area contributed by atoms with Gasteiger partial charge in [0.15, 0.2) is 11.5 Å². The molecule has 6 nitrogen and oxygen atoms in total. The molecular formula is C14H13NO5. The summed E-state index contributed by atoms with van der Waals surface area (Å²) in [7, 11) is 0. The quantitative estimate of drug-likeness (QED) is 0.667. The SMILES string of the molecule is CCOc1cc(Oc2ccccc2O)ccc1[N+](=O)[O-]. The Bertz CT molecular complexity index is 627. The minimum absolute atomic E-state index is 0.0104. The lowest BCUT2D eigenvalue weighted by Crippen LogP contribution is -1.98. The van der Waals surface area contributed by atoms with E-state index < -0.39 is 4.92 Å². The van der Waals surface area contributed by atoms with Gasteiger partial charge in [-0.1, -0.05) is 12.1 Å². The molecular weight excluding hydrogens is 262 g/mol. The van der Waals surface area contributed by atoms with E-state index in [1.165, 1.54) is 24.3 Å². The predicted molar refractivity (Wildman–Crippen MR) is 72.4 cm³/mol. The maximum Gasteiger partial charge on any atom is 0.311 e. The average molecular weight is 275 g/mol. The van der Waals surface area contributed by atoms with E-state index in [4.69, 9.17) is 9.47 Å². The Hall–Kier alpha value is -2.76. The summed E-state index contributed by atoms with van der Waals surface area (Å²) in [6.45, 7) is 2.04. The summed E-state index contributed by atoms with van der Waals surface area (Å²) >= 11 is 0. The molecule has 20 heavy (non-hydrogen) atoms. The predicted octanol–water partition coefficient (Wildman–Crippen LogP) is 3.49. The van der Waals surface area contributed by atoms with E-state index in [0.717, 1.165) is 0 Å². The van der Waals surface area contributed by atoms with Gasteiger partial charge < -0.3 is 14.6 Å². The Balaban J connectivity index is 2.32. The van der Waals surface area contributed by atoms with Gasteiger partial charge in [-0.15, -0.1) is 0 Å². The number of hydrogen-bond donors (Lipinski definition) is 1. The summed E-state index contributed by atoms with van der Waals surface area (Å²) in [6, 6.07) is 10.6. The molecule has 0 aliphatic heterocycles. The largest absolute Gasteiger partial charge is 0.504 e. The summed E-state index contributed by atoms with van der Waals surface area (Å²) in [5, 5.41) is 20.5. The summed E-state index contributed by atoms with van der Waals surface area (Å²) in [4.78, 5) is 10.3. The van der Waals surface area contributed by atoms with Gasteiger partial charge >= 0.3 is 5.69 Å². The van der Waals surface area contributed by atoms with Crippen molar-refractivity contribution in [2.45, 2.75) is 6.92 Å². The highest BCUT2D eigenvalue weighted by Crippen LogP contribution is 2.35. The second-order valence-corrected chi connectivity index (χ2v) is 3.89. The maximum atomic E-state index is 10.9. The van der Waals surface area contributed by atoms with E-state index in [1.807, 2.05) is 0 Å². The Morgan fingerprint density at radius 1 is 1.20 bits per heavy atom. The van der Waals surface area contributed by atoms with Gasteiger partial charge in [-0.3, -0.25) is 10.1 Å². The molecule has 0 bridgehead atoms. The highest BCUT2D eigenvalue weighted by molar-refractivity contribution is 5.52. The molecule has 0 saturated heterocycles. The normalized spacial score (nSPS) is 10.1. The van der Waals surface area contributed by atoms with Crippen LogP contribution in [0.4, 0.5) is 5.69 Å². The molecule has 0 aliphatic rings. The van der Waals surface area contributed by atoms with Gasteiger partial charge in [0.2, 0.25) is 5.75 Å². The second kappa shape index (κ2) is 5.92. The number of phenolic OH excluding ortho intramolecular Hbond substituents is 1. The highest BCUT2D eigenvalue weighted by Gasteiger charge is 2.16. The van der Waals surface area contributed by atoms with Crippen LogP contribution in [0, 0.1) is 10.1 Å². The number of para-hydroxylation sites is 2. The summed E-state index contributed by atoms with van der Waals surface area (Å²) in [5.41, 5.74) is -0.128. The van der Waals surface area contributed by atoms with Crippen molar-refractivity contribution in [1.29, 1.82) is 0 Å². The molecule has 1 N–H and O–H groups in total. The number of nitrogens with zero attached hydrogens (tertiary/aromatic N) is 1. The fraction of sp³-hybridized carbons (Fsp3) is 0.143. The number of benzene rings is 2. The first kappa shape index (κ1) is 13.7. The topological polar surface area (TPSA) is 81.8 Å². The number of rotatable bonds is 5. The van der Waals surface area contributed by atoms with E-state index in [2.05, 4.69) is 0 Å². The van der Waals surface area contributed by atoms with Gasteiger partial charge in [0.1, 0.15) is 5.75 Å². The molecule has 0 atom stereocenters. The van der Waals surface area contributed by atoms with Crippen molar-refractivity contribution in [2.24, 2.45) is 0 Å². The number of ether oxygens (including phenoxy) is 2. The first-order valence-electron chi connectivity index (χ1n) is 5.99. The Morgan fingerprint density at radius 2 is 1.95 bits per heavy atom. The Kier molecular flexibility index (Phi) is 4.05. The molecule has 2 aromatic rings. The second-order valence-electron chi connectivity index (χ2n) is 3.89. The van der Waals surface area contributed by atoms with Crippen LogP contribution in [0.3, 0.4) is 0 Å². The molecule has 104 valence electrons. The maximum absolute atomic E-state index is 10.9. The molecule has 0 saturated carbocycles. The minimum atomic E-state index is -0.519. The van der Waals surface area contributed by atoms with Crippen molar-refractivity contribution < 1.29 is 19.5 Å². The third-order valence-corrected chi connectivity index (χ3v) is 2.52. The van der Waals surface area contributed by atoms with Gasteiger partial charge in [-0.25, -0.2) is 0 Å². The van der Waals surface area contributed by atoms with Crippen molar-refractivity contribution in [1.82, 2.24) is 0 Å². The first-order chi connectivity index (χ1) is 9.61. The third-order valence-electron chi connectivity index (χ3n) is 2.52. The van der Waals surface area contributed by atoms with E-state index in [9.17, 15) is 15.2 Å². The molecule has 2 rings (SSSR count). The molecule has 0 radical (unpaired) electrons. The van der Waals surface area contributed by atoms with Crippen LogP contribution < -0.4 is 9.47 Å². The molecule has 0 aliphatic carbocycles. The van der Waals surface area contributed by atoms with Crippen LogP contribution in [-0.2, 0) is 0 Å². The fourth-order valence-electron chi connectivity index (χ4n) is 1.65. The third kappa shape index (κ3) is 2.97. The van der Waals surface area contributed by atoms with Crippen LogP contribution in [0.1, 0.15) is 6.92 Å². The number of aromatic hydroxyl groups is 1. The molecule has 6 heteroatoms. The summed E-state index contributed by atoms with van der Waals surface area (Å²) < 4.78 is 10.7. The monoisotopic (exact) mass is 275 g/mol. The van der Waals surface area contributed by atoms with Crippen LogP contribution in [0.2, 0.25) is 0 Å². The molecule has 0 amide bonds. The molecule has 0 aromatic heterocycles. The highest BCUT2D eigenvalue weighted by atomic mass is 16.6. The van der Waals surface area contributed by atoms with Crippen molar-refractivity contribution >= 4 is 5.69 Å². The average Bonchev–Trinajstić information content (AvgIpc) is 2.42. The van der Waals surface area contributed by atoms with Crippen LogP contribution >= 0.6 is 0 Å². The van der Waals surface area contributed by atoms with Crippen molar-refractivity contribution in [3.63, 3.8) is 0 Å². The van der Waals surface area contributed by atoms with E-state index in [0.29, 0.717) is 12.4 Å². The number of nitro groups is 1. The zero-order chi connectivity index (χ0) is 14.5. The van der Waals surface area contributed by atoms with Crippen LogP contribution in [0.25, 0.3) is 0 Å².